The van der Waals surface area contributed by atoms with Gasteiger partial charge in [-0.3, -0.25) is 0 Å². The molecule has 0 spiro atoms. The Balaban J connectivity index is 2.17. The topological polar surface area (TPSA) is 66.0 Å². The second-order valence-electron chi connectivity index (χ2n) is 5.35. The van der Waals surface area contributed by atoms with E-state index in [4.69, 9.17) is 9.47 Å². The summed E-state index contributed by atoms with van der Waals surface area (Å²) in [5, 5.41) is 18.6. The van der Waals surface area contributed by atoms with Crippen LogP contribution in [-0.2, 0) is 0 Å². The molecule has 0 amide bonds. The lowest BCUT2D eigenvalue weighted by atomic mass is 9.94. The first-order valence-corrected chi connectivity index (χ1v) is 7.35. The number of nitriles is 2. The first kappa shape index (κ1) is 15.4. The fourth-order valence-electron chi connectivity index (χ4n) is 2.55. The van der Waals surface area contributed by atoms with E-state index >= 15 is 0 Å². The number of ether oxygens (including phenoxy) is 2. The molecule has 0 aromatic heterocycles. The van der Waals surface area contributed by atoms with Crippen LogP contribution >= 0.6 is 0 Å². The number of methoxy groups -OCH3 is 1. The van der Waals surface area contributed by atoms with Crippen molar-refractivity contribution < 1.29 is 9.47 Å². The largest absolute Gasteiger partial charge is 0.497 e. The van der Waals surface area contributed by atoms with Crippen molar-refractivity contribution in [3.63, 3.8) is 0 Å². The summed E-state index contributed by atoms with van der Waals surface area (Å²) in [5.41, 5.74) is 3.28. The van der Waals surface area contributed by atoms with Crippen molar-refractivity contribution in [3.8, 4) is 23.6 Å². The molecule has 0 saturated heterocycles. The molecule has 0 N–H and O–H groups in total. The molecule has 2 aromatic carbocycles. The second kappa shape index (κ2) is 6.32. The van der Waals surface area contributed by atoms with Crippen LogP contribution in [-0.4, -0.2) is 7.11 Å². The highest BCUT2D eigenvalue weighted by atomic mass is 16.5. The van der Waals surface area contributed by atoms with Gasteiger partial charge in [-0.2, -0.15) is 10.5 Å². The quantitative estimate of drug-likeness (QED) is 0.778. The minimum atomic E-state index is 0.0659. The first-order valence-electron chi connectivity index (χ1n) is 7.35. The molecule has 1 heterocycles. The predicted octanol–water partition coefficient (Wildman–Crippen LogP) is 4.24. The van der Waals surface area contributed by atoms with Crippen LogP contribution in [0.1, 0.15) is 16.7 Å². The highest BCUT2D eigenvalue weighted by Gasteiger charge is 2.21. The predicted molar refractivity (Wildman–Crippen MR) is 90.9 cm³/mol. The second-order valence-corrected chi connectivity index (χ2v) is 5.35. The molecule has 1 aliphatic heterocycles. The Morgan fingerprint density at radius 2 is 1.75 bits per heavy atom. The Bertz CT molecular complexity index is 923. The minimum Gasteiger partial charge on any atom is -0.497 e. The molecule has 0 saturated carbocycles. The Labute approximate surface area is 140 Å². The number of nitrogens with zero attached hydrogens (tertiary/aromatic N) is 2. The van der Waals surface area contributed by atoms with Gasteiger partial charge >= 0.3 is 0 Å². The van der Waals surface area contributed by atoms with Gasteiger partial charge in [0.1, 0.15) is 35.0 Å². The molecule has 0 aliphatic carbocycles. The molecule has 0 radical (unpaired) electrons. The van der Waals surface area contributed by atoms with Gasteiger partial charge in [0.2, 0.25) is 0 Å². The van der Waals surface area contributed by atoms with E-state index in [0.29, 0.717) is 17.1 Å². The number of allylic oxidation sites excluding steroid dienone is 3. The Morgan fingerprint density at radius 1 is 1.04 bits per heavy atom. The lowest BCUT2D eigenvalue weighted by molar-refractivity contribution is 0.414. The van der Waals surface area contributed by atoms with Gasteiger partial charge in [-0.1, -0.05) is 11.6 Å². The summed E-state index contributed by atoms with van der Waals surface area (Å²) in [6.45, 7) is 1.96. The molecule has 1 aliphatic rings. The molecule has 2 aromatic rings. The number of hydrogen-bond acceptors (Lipinski definition) is 4. The van der Waals surface area contributed by atoms with E-state index in [1.165, 1.54) is 0 Å². The van der Waals surface area contributed by atoms with Crippen LogP contribution < -0.4 is 9.47 Å². The van der Waals surface area contributed by atoms with Gasteiger partial charge < -0.3 is 9.47 Å². The van der Waals surface area contributed by atoms with E-state index in [-0.39, 0.29) is 5.57 Å². The van der Waals surface area contributed by atoms with Gasteiger partial charge in [-0.25, -0.2) is 0 Å². The molecule has 0 bridgehead atoms. The number of aryl methyl sites for hydroxylation is 1. The summed E-state index contributed by atoms with van der Waals surface area (Å²) in [6.07, 6.45) is 1.74. The normalized spacial score (nSPS) is 12.2. The molecule has 0 atom stereocenters. The van der Waals surface area contributed by atoms with Gasteiger partial charge in [-0.15, -0.1) is 0 Å². The Hall–Kier alpha value is -3.50. The summed E-state index contributed by atoms with van der Waals surface area (Å²) in [7, 11) is 1.61. The van der Waals surface area contributed by atoms with E-state index in [9.17, 15) is 10.5 Å². The maximum absolute atomic E-state index is 9.28. The highest BCUT2D eigenvalue weighted by Crippen LogP contribution is 2.39. The van der Waals surface area contributed by atoms with Crippen LogP contribution in [0.3, 0.4) is 0 Å². The Morgan fingerprint density at radius 3 is 2.38 bits per heavy atom. The molecule has 4 heteroatoms. The lowest BCUT2D eigenvalue weighted by Crippen LogP contribution is -2.05. The van der Waals surface area contributed by atoms with Gasteiger partial charge in [0.05, 0.1) is 7.11 Å². The summed E-state index contributed by atoms with van der Waals surface area (Å²) >= 11 is 0. The summed E-state index contributed by atoms with van der Waals surface area (Å²) in [6, 6.07) is 17.1. The molecule has 116 valence electrons. The zero-order valence-corrected chi connectivity index (χ0v) is 13.3. The van der Waals surface area contributed by atoms with E-state index in [1.54, 1.807) is 13.2 Å². The van der Waals surface area contributed by atoms with Crippen molar-refractivity contribution in [2.24, 2.45) is 0 Å². The van der Waals surface area contributed by atoms with Crippen molar-refractivity contribution in [1.82, 2.24) is 0 Å². The van der Waals surface area contributed by atoms with E-state index in [0.717, 1.165) is 22.4 Å². The summed E-state index contributed by atoms with van der Waals surface area (Å²) in [5.74, 6) is 1.97. The molecular formula is C20H14N2O2. The van der Waals surface area contributed by atoms with Crippen molar-refractivity contribution in [2.45, 2.75) is 6.92 Å². The third kappa shape index (κ3) is 2.74. The van der Waals surface area contributed by atoms with Gasteiger partial charge in [0.15, 0.2) is 0 Å². The van der Waals surface area contributed by atoms with Gasteiger partial charge in [-0.05, 0) is 49.4 Å². The fourth-order valence-corrected chi connectivity index (χ4v) is 2.55. The van der Waals surface area contributed by atoms with Gasteiger partial charge in [0.25, 0.3) is 0 Å². The average molecular weight is 314 g/mol. The van der Waals surface area contributed by atoms with Crippen LogP contribution in [0.5, 0.6) is 11.5 Å². The first-order chi connectivity index (χ1) is 11.7. The third-order valence-electron chi connectivity index (χ3n) is 3.79. The van der Waals surface area contributed by atoms with Crippen LogP contribution in [0.4, 0.5) is 0 Å². The lowest BCUT2D eigenvalue weighted by Gasteiger charge is -2.21. The van der Waals surface area contributed by atoms with Crippen molar-refractivity contribution in [1.29, 1.82) is 10.5 Å². The van der Waals surface area contributed by atoms with Crippen LogP contribution in [0.15, 0.2) is 54.1 Å². The van der Waals surface area contributed by atoms with E-state index in [2.05, 4.69) is 0 Å². The van der Waals surface area contributed by atoms with Crippen LogP contribution in [0.2, 0.25) is 0 Å². The molecule has 0 fully saturated rings. The standard InChI is InChI=1S/C20H14N2O2/c1-13-3-8-19-18(9-13)17(15(11-21)12-22)10-20(24-19)14-4-6-16(23-2)7-5-14/h3-10H,1-2H3. The van der Waals surface area contributed by atoms with Gasteiger partial charge in [0, 0.05) is 16.7 Å². The zero-order valence-electron chi connectivity index (χ0n) is 13.3. The number of rotatable bonds is 2. The number of fused-ring (bicyclic) bond motifs is 1. The number of hydrogen-bond donors (Lipinski definition) is 0. The zero-order chi connectivity index (χ0) is 17.1. The van der Waals surface area contributed by atoms with Crippen molar-refractivity contribution in [2.75, 3.05) is 7.11 Å². The molecule has 3 rings (SSSR count). The highest BCUT2D eigenvalue weighted by molar-refractivity contribution is 5.92. The number of benzene rings is 2. The smallest absolute Gasteiger partial charge is 0.137 e. The summed E-state index contributed by atoms with van der Waals surface area (Å²) in [4.78, 5) is 0. The van der Waals surface area contributed by atoms with E-state index in [1.807, 2.05) is 61.5 Å². The average Bonchev–Trinajstić information content (AvgIpc) is 2.63. The monoisotopic (exact) mass is 314 g/mol. The van der Waals surface area contributed by atoms with Crippen LogP contribution in [0, 0.1) is 29.6 Å². The molecule has 24 heavy (non-hydrogen) atoms. The fraction of sp³-hybridized carbons (Fsp3) is 0.100. The summed E-state index contributed by atoms with van der Waals surface area (Å²) < 4.78 is 11.1. The van der Waals surface area contributed by atoms with Crippen LogP contribution in [0.25, 0.3) is 11.3 Å². The Kier molecular flexibility index (Phi) is 4.05. The SMILES string of the molecule is COc1ccc(C2=CC(=C(C#N)C#N)c3cc(C)ccc3O2)cc1. The minimum absolute atomic E-state index is 0.0659. The van der Waals surface area contributed by atoms with Crippen molar-refractivity contribution in [3.05, 3.63) is 70.8 Å². The molecular weight excluding hydrogens is 300 g/mol. The molecule has 0 unspecified atom stereocenters. The maximum Gasteiger partial charge on any atom is 0.137 e. The molecule has 4 nitrogen and oxygen atoms in total. The van der Waals surface area contributed by atoms with E-state index < -0.39 is 0 Å². The maximum atomic E-state index is 9.28. The third-order valence-corrected chi connectivity index (χ3v) is 3.79. The van der Waals surface area contributed by atoms with Crippen molar-refractivity contribution >= 4 is 11.3 Å².